The van der Waals surface area contributed by atoms with Crippen molar-refractivity contribution in [1.82, 2.24) is 0 Å². The monoisotopic (exact) mass is 292 g/mol. The van der Waals surface area contributed by atoms with Crippen LogP contribution in [0, 0.1) is 0 Å². The van der Waals surface area contributed by atoms with Gasteiger partial charge in [0.25, 0.3) is 0 Å². The van der Waals surface area contributed by atoms with Crippen LogP contribution in [0.3, 0.4) is 0 Å². The number of fused-ring (bicyclic) bond motifs is 1. The molecular formula is C13H12N2O4S. The number of hydrogen-bond donors (Lipinski definition) is 1. The summed E-state index contributed by atoms with van der Waals surface area (Å²) >= 11 is 1.20. The van der Waals surface area contributed by atoms with E-state index in [-0.39, 0.29) is 5.75 Å². The van der Waals surface area contributed by atoms with Gasteiger partial charge in [-0.1, -0.05) is 11.8 Å². The van der Waals surface area contributed by atoms with E-state index in [4.69, 9.17) is 14.6 Å². The molecule has 0 spiro atoms. The van der Waals surface area contributed by atoms with Crippen LogP contribution >= 0.6 is 11.8 Å². The van der Waals surface area contributed by atoms with Crippen molar-refractivity contribution in [3.63, 3.8) is 0 Å². The molecule has 104 valence electrons. The molecule has 0 radical (unpaired) electrons. The topological polar surface area (TPSA) is 80.5 Å². The molecule has 7 heteroatoms. The fourth-order valence-electron chi connectivity index (χ4n) is 1.94. The first-order valence-corrected chi connectivity index (χ1v) is 7.09. The van der Waals surface area contributed by atoms with Crippen LogP contribution in [0.25, 0.3) is 0 Å². The van der Waals surface area contributed by atoms with Crippen LogP contribution < -0.4 is 9.47 Å². The number of hydrogen-bond acceptors (Lipinski definition) is 6. The summed E-state index contributed by atoms with van der Waals surface area (Å²) < 4.78 is 11.0. The molecule has 0 fully saturated rings. The summed E-state index contributed by atoms with van der Waals surface area (Å²) in [6, 6.07) is 5.65. The van der Waals surface area contributed by atoms with Crippen LogP contribution in [-0.2, 0) is 4.79 Å². The fourth-order valence-corrected chi connectivity index (χ4v) is 2.57. The number of nitrogens with zero attached hydrogens (tertiary/aromatic N) is 2. The number of thioether (sulfide) groups is 1. The smallest absolute Gasteiger partial charge is 0.313 e. The standard InChI is InChI=1S/C13H12N2O4S/c16-13(17)7-20-12-6-9(14-15-12)8-1-2-10-11(5-8)19-4-3-18-10/h1-2,5H,3-4,6-7H2,(H,16,17). The summed E-state index contributed by atoms with van der Waals surface area (Å²) in [5, 5.41) is 17.5. The molecule has 0 bridgehead atoms. The third-order valence-corrected chi connectivity index (χ3v) is 3.79. The molecule has 2 aliphatic rings. The molecule has 2 heterocycles. The summed E-state index contributed by atoms with van der Waals surface area (Å²) in [5.74, 6) is 0.594. The fraction of sp³-hybridized carbons (Fsp3) is 0.308. The van der Waals surface area contributed by atoms with E-state index in [1.807, 2.05) is 18.2 Å². The molecule has 20 heavy (non-hydrogen) atoms. The van der Waals surface area contributed by atoms with Gasteiger partial charge in [-0.2, -0.15) is 5.10 Å². The van der Waals surface area contributed by atoms with Gasteiger partial charge in [0.15, 0.2) is 11.5 Å². The number of carboxylic acids is 1. The summed E-state index contributed by atoms with van der Waals surface area (Å²) in [6.07, 6.45) is 0.553. The molecule has 0 saturated carbocycles. The van der Waals surface area contributed by atoms with Crippen LogP contribution in [0.5, 0.6) is 11.5 Å². The number of aliphatic carboxylic acids is 1. The minimum Gasteiger partial charge on any atom is -0.486 e. The number of ether oxygens (including phenoxy) is 2. The van der Waals surface area contributed by atoms with E-state index in [1.54, 1.807) is 0 Å². The second-order valence-electron chi connectivity index (χ2n) is 4.26. The van der Waals surface area contributed by atoms with Crippen molar-refractivity contribution in [2.75, 3.05) is 19.0 Å². The molecular weight excluding hydrogens is 280 g/mol. The highest BCUT2D eigenvalue weighted by molar-refractivity contribution is 8.14. The summed E-state index contributed by atoms with van der Waals surface area (Å²) in [6.45, 7) is 1.10. The van der Waals surface area contributed by atoms with Crippen molar-refractivity contribution in [3.8, 4) is 11.5 Å². The largest absolute Gasteiger partial charge is 0.486 e. The lowest BCUT2D eigenvalue weighted by Crippen LogP contribution is -2.15. The third-order valence-electron chi connectivity index (χ3n) is 2.84. The Balaban J connectivity index is 1.68. The summed E-state index contributed by atoms with van der Waals surface area (Å²) in [4.78, 5) is 10.5. The first kappa shape index (κ1) is 13.0. The minimum absolute atomic E-state index is 0.00275. The molecule has 1 aromatic rings. The molecule has 3 rings (SSSR count). The van der Waals surface area contributed by atoms with Gasteiger partial charge in [-0.25, -0.2) is 0 Å². The first-order valence-electron chi connectivity index (χ1n) is 6.10. The van der Waals surface area contributed by atoms with E-state index in [2.05, 4.69) is 10.2 Å². The van der Waals surface area contributed by atoms with Gasteiger partial charge in [-0.05, 0) is 18.2 Å². The van der Waals surface area contributed by atoms with Gasteiger partial charge in [0.05, 0.1) is 11.5 Å². The zero-order chi connectivity index (χ0) is 13.9. The molecule has 0 aromatic heterocycles. The Kier molecular flexibility index (Phi) is 3.60. The minimum atomic E-state index is -0.856. The van der Waals surface area contributed by atoms with Crippen molar-refractivity contribution >= 4 is 28.5 Å². The van der Waals surface area contributed by atoms with Gasteiger partial charge in [0, 0.05) is 12.0 Å². The number of carboxylic acid groups (broad SMARTS) is 1. The van der Waals surface area contributed by atoms with E-state index in [1.165, 1.54) is 11.8 Å². The van der Waals surface area contributed by atoms with Crippen molar-refractivity contribution in [1.29, 1.82) is 0 Å². The lowest BCUT2D eigenvalue weighted by atomic mass is 10.1. The Morgan fingerprint density at radius 1 is 1.25 bits per heavy atom. The van der Waals surface area contributed by atoms with E-state index in [0.29, 0.717) is 25.4 Å². The van der Waals surface area contributed by atoms with Crippen molar-refractivity contribution < 1.29 is 19.4 Å². The Morgan fingerprint density at radius 2 is 2.05 bits per heavy atom. The molecule has 1 N–H and O–H groups in total. The maximum atomic E-state index is 10.5. The van der Waals surface area contributed by atoms with Gasteiger partial charge in [-0.3, -0.25) is 4.79 Å². The molecule has 0 unspecified atom stereocenters. The molecule has 0 aliphatic carbocycles. The highest BCUT2D eigenvalue weighted by Gasteiger charge is 2.19. The maximum absolute atomic E-state index is 10.5. The van der Waals surface area contributed by atoms with Crippen LogP contribution in [0.4, 0.5) is 0 Å². The second kappa shape index (κ2) is 5.54. The summed E-state index contributed by atoms with van der Waals surface area (Å²) in [5.41, 5.74) is 1.73. The maximum Gasteiger partial charge on any atom is 0.313 e. The lowest BCUT2D eigenvalue weighted by Gasteiger charge is -2.18. The van der Waals surface area contributed by atoms with Gasteiger partial charge >= 0.3 is 5.97 Å². The molecule has 1 aromatic carbocycles. The van der Waals surface area contributed by atoms with Crippen LogP contribution in [-0.4, -0.2) is 40.8 Å². The highest BCUT2D eigenvalue weighted by atomic mass is 32.2. The molecule has 0 amide bonds. The van der Waals surface area contributed by atoms with Crippen LogP contribution in [0.2, 0.25) is 0 Å². The predicted octanol–water partition coefficient (Wildman–Crippen LogP) is 1.78. The molecule has 0 saturated heterocycles. The normalized spacial score (nSPS) is 16.6. The Labute approximate surface area is 119 Å². The van der Waals surface area contributed by atoms with Crippen LogP contribution in [0.15, 0.2) is 28.4 Å². The number of rotatable bonds is 3. The van der Waals surface area contributed by atoms with Gasteiger partial charge in [0.1, 0.15) is 18.3 Å². The van der Waals surface area contributed by atoms with E-state index in [0.717, 1.165) is 22.1 Å². The Morgan fingerprint density at radius 3 is 2.85 bits per heavy atom. The second-order valence-corrected chi connectivity index (χ2v) is 5.31. The first-order chi connectivity index (χ1) is 9.72. The zero-order valence-corrected chi connectivity index (χ0v) is 11.4. The van der Waals surface area contributed by atoms with Gasteiger partial charge in [0.2, 0.25) is 0 Å². The molecule has 0 atom stereocenters. The predicted molar refractivity (Wildman–Crippen MR) is 76.1 cm³/mol. The zero-order valence-electron chi connectivity index (χ0n) is 10.5. The molecule has 2 aliphatic heterocycles. The Hall–Kier alpha value is -2.02. The SMILES string of the molecule is O=C(O)CSC1=NN=C(c2ccc3c(c2)OCCO3)C1. The highest BCUT2D eigenvalue weighted by Crippen LogP contribution is 2.32. The Bertz CT molecular complexity index is 612. The van der Waals surface area contributed by atoms with Crippen molar-refractivity contribution in [2.24, 2.45) is 10.2 Å². The third kappa shape index (κ3) is 2.77. The van der Waals surface area contributed by atoms with E-state index in [9.17, 15) is 4.79 Å². The van der Waals surface area contributed by atoms with Gasteiger partial charge in [-0.15, -0.1) is 5.10 Å². The van der Waals surface area contributed by atoms with Gasteiger partial charge < -0.3 is 14.6 Å². The quantitative estimate of drug-likeness (QED) is 0.918. The number of carbonyl (C=O) groups is 1. The van der Waals surface area contributed by atoms with Crippen molar-refractivity contribution in [3.05, 3.63) is 23.8 Å². The average molecular weight is 292 g/mol. The molecule has 6 nitrogen and oxygen atoms in total. The summed E-state index contributed by atoms with van der Waals surface area (Å²) in [7, 11) is 0. The number of benzene rings is 1. The van der Waals surface area contributed by atoms with Crippen LogP contribution in [0.1, 0.15) is 12.0 Å². The lowest BCUT2D eigenvalue weighted by molar-refractivity contribution is -0.133. The van der Waals surface area contributed by atoms with Crippen molar-refractivity contribution in [2.45, 2.75) is 6.42 Å². The van der Waals surface area contributed by atoms with E-state index >= 15 is 0 Å². The average Bonchev–Trinajstić information content (AvgIpc) is 2.93. The van der Waals surface area contributed by atoms with E-state index < -0.39 is 5.97 Å².